The number of alkyl halides is 3. The highest BCUT2D eigenvalue weighted by Gasteiger charge is 2.36. The van der Waals surface area contributed by atoms with Gasteiger partial charge in [0.05, 0.1) is 42.6 Å². The van der Waals surface area contributed by atoms with E-state index in [-0.39, 0.29) is 17.2 Å². The third kappa shape index (κ3) is 5.14. The van der Waals surface area contributed by atoms with Gasteiger partial charge in [-0.1, -0.05) is 12.1 Å². The molecule has 0 fully saturated rings. The fraction of sp³-hybridized carbons (Fsp3) is 0.375. The largest absolute Gasteiger partial charge is 0.419 e. The Balaban J connectivity index is 1.61. The summed E-state index contributed by atoms with van der Waals surface area (Å²) in [6.45, 7) is 4.98. The van der Waals surface area contributed by atoms with Gasteiger partial charge in [-0.3, -0.25) is 14.5 Å². The molecular formula is C24H25F4N5O2. The monoisotopic (exact) mass is 491 g/mol. The van der Waals surface area contributed by atoms with E-state index >= 15 is 0 Å². The molecule has 186 valence electrons. The second-order valence-corrected chi connectivity index (χ2v) is 8.48. The number of hydrogen-bond donors (Lipinski definition) is 1. The first-order chi connectivity index (χ1) is 16.6. The number of halogens is 4. The lowest BCUT2D eigenvalue weighted by atomic mass is 10.00. The van der Waals surface area contributed by atoms with E-state index in [9.17, 15) is 22.4 Å². The summed E-state index contributed by atoms with van der Waals surface area (Å²) in [6.07, 6.45) is 2.22. The Labute approximate surface area is 199 Å². The molecule has 1 N–H and O–H groups in total. The van der Waals surface area contributed by atoms with Gasteiger partial charge in [-0.05, 0) is 26.0 Å². The maximum atomic E-state index is 14.6. The Kier molecular flexibility index (Phi) is 6.79. The van der Waals surface area contributed by atoms with Crippen LogP contribution in [0.5, 0.6) is 0 Å². The van der Waals surface area contributed by atoms with Crippen molar-refractivity contribution < 1.29 is 27.1 Å². The third-order valence-corrected chi connectivity index (χ3v) is 5.80. The molecule has 11 heteroatoms. The smallest absolute Gasteiger partial charge is 0.383 e. The zero-order valence-corrected chi connectivity index (χ0v) is 19.4. The molecule has 0 unspecified atom stereocenters. The zero-order valence-electron chi connectivity index (χ0n) is 19.4. The lowest BCUT2D eigenvalue weighted by Gasteiger charge is -2.25. The van der Waals surface area contributed by atoms with Gasteiger partial charge in [0, 0.05) is 42.8 Å². The van der Waals surface area contributed by atoms with Crippen molar-refractivity contribution in [3.8, 4) is 0 Å². The summed E-state index contributed by atoms with van der Waals surface area (Å²) in [5.74, 6) is -1.50. The van der Waals surface area contributed by atoms with Crippen molar-refractivity contribution in [2.24, 2.45) is 4.99 Å². The molecule has 0 aliphatic carbocycles. The lowest BCUT2D eigenvalue weighted by molar-refractivity contribution is -0.140. The van der Waals surface area contributed by atoms with Crippen LogP contribution < -0.4 is 5.32 Å². The molecule has 2 aliphatic rings. The number of hydrogen-bond acceptors (Lipinski definition) is 5. The summed E-state index contributed by atoms with van der Waals surface area (Å²) in [7, 11) is 1.60. The number of aromatic nitrogens is 2. The summed E-state index contributed by atoms with van der Waals surface area (Å²) in [5.41, 5.74) is 0.129. The van der Waals surface area contributed by atoms with Crippen LogP contribution in [0.15, 0.2) is 53.4 Å². The van der Waals surface area contributed by atoms with Gasteiger partial charge in [0.2, 0.25) is 0 Å². The Morgan fingerprint density at radius 1 is 1.34 bits per heavy atom. The van der Waals surface area contributed by atoms with Gasteiger partial charge >= 0.3 is 6.18 Å². The number of fused-ring (bicyclic) bond motifs is 1. The maximum absolute atomic E-state index is 14.6. The van der Waals surface area contributed by atoms with Crippen molar-refractivity contribution in [2.45, 2.75) is 38.7 Å². The van der Waals surface area contributed by atoms with Crippen LogP contribution in [0.1, 0.15) is 36.6 Å². The van der Waals surface area contributed by atoms with Crippen molar-refractivity contribution >= 4 is 17.3 Å². The van der Waals surface area contributed by atoms with Crippen LogP contribution >= 0.6 is 0 Å². The van der Waals surface area contributed by atoms with E-state index in [1.54, 1.807) is 24.1 Å². The molecule has 1 aromatic heterocycles. The first-order valence-electron chi connectivity index (χ1n) is 11.0. The molecule has 4 rings (SSSR count). The number of amidine groups is 1. The molecular weight excluding hydrogens is 466 g/mol. The molecule has 1 amide bonds. The minimum absolute atomic E-state index is 0.0560. The predicted molar refractivity (Wildman–Crippen MR) is 122 cm³/mol. The molecule has 0 radical (unpaired) electrons. The van der Waals surface area contributed by atoms with Crippen LogP contribution in [0.25, 0.3) is 5.57 Å². The molecule has 2 aromatic rings. The standard InChI is InChI=1S/C24H25F4N5O2/c1-14-11-32-12-16(17-10-29-33(13-17)7-8-35-3)9-19(22(32)30-14)23(34)31-15(2)18-5-4-6-20(21(18)25)24(26,27)28/h4-6,9-10,12-15H,7-8,11H2,1-3H3,(H,31,34)/t14-,15-/m1/s1. The number of carbonyl (C=O) groups is 1. The van der Waals surface area contributed by atoms with Crippen molar-refractivity contribution in [3.05, 3.63) is 70.9 Å². The molecule has 0 spiro atoms. The predicted octanol–water partition coefficient (Wildman–Crippen LogP) is 3.95. The molecule has 0 saturated carbocycles. The summed E-state index contributed by atoms with van der Waals surface area (Å²) in [4.78, 5) is 19.6. The van der Waals surface area contributed by atoms with Crippen LogP contribution in [0.2, 0.25) is 0 Å². The highest BCUT2D eigenvalue weighted by molar-refractivity contribution is 6.24. The Hall–Kier alpha value is -3.47. The van der Waals surface area contributed by atoms with E-state index in [1.807, 2.05) is 24.2 Å². The number of amides is 1. The molecule has 35 heavy (non-hydrogen) atoms. The average Bonchev–Trinajstić information content (AvgIpc) is 3.41. The van der Waals surface area contributed by atoms with Gasteiger partial charge in [0.15, 0.2) is 0 Å². The average molecular weight is 491 g/mol. The second-order valence-electron chi connectivity index (χ2n) is 8.48. The van der Waals surface area contributed by atoms with Gasteiger partial charge in [0.1, 0.15) is 11.7 Å². The van der Waals surface area contributed by atoms with E-state index in [0.29, 0.717) is 31.6 Å². The second kappa shape index (κ2) is 9.65. The fourth-order valence-electron chi connectivity index (χ4n) is 4.06. The van der Waals surface area contributed by atoms with Crippen molar-refractivity contribution in [1.29, 1.82) is 0 Å². The van der Waals surface area contributed by atoms with Crippen LogP contribution in [0, 0.1) is 5.82 Å². The first kappa shape index (κ1) is 24.6. The van der Waals surface area contributed by atoms with Crippen LogP contribution in [-0.2, 0) is 22.3 Å². The molecule has 1 aromatic carbocycles. The Morgan fingerprint density at radius 3 is 2.83 bits per heavy atom. The number of ether oxygens (including phenoxy) is 1. The highest BCUT2D eigenvalue weighted by atomic mass is 19.4. The van der Waals surface area contributed by atoms with Gasteiger partial charge in [0.25, 0.3) is 5.91 Å². The molecule has 2 atom stereocenters. The molecule has 0 bridgehead atoms. The number of aliphatic imine (C=N–C) groups is 1. The van der Waals surface area contributed by atoms with Crippen LogP contribution in [0.4, 0.5) is 17.6 Å². The molecule has 2 aliphatic heterocycles. The summed E-state index contributed by atoms with van der Waals surface area (Å²) < 4.78 is 60.8. The SMILES string of the molecule is COCCn1cc(C2=CN3C[C@@H](C)N=C3C(C(=O)N[C@H](C)c3cccc(C(F)(F)F)c3F)=C2)cn1. The van der Waals surface area contributed by atoms with Crippen LogP contribution in [-0.4, -0.2) is 52.7 Å². The normalized spacial score (nSPS) is 18.5. The number of nitrogens with one attached hydrogen (secondary N) is 1. The Morgan fingerprint density at radius 2 is 2.11 bits per heavy atom. The Bertz CT molecular complexity index is 1210. The minimum atomic E-state index is -4.83. The molecule has 7 nitrogen and oxygen atoms in total. The van der Waals surface area contributed by atoms with E-state index in [2.05, 4.69) is 15.4 Å². The summed E-state index contributed by atoms with van der Waals surface area (Å²) in [5, 5.41) is 6.94. The van der Waals surface area contributed by atoms with Gasteiger partial charge < -0.3 is 15.0 Å². The van der Waals surface area contributed by atoms with Crippen molar-refractivity contribution in [2.75, 3.05) is 20.3 Å². The highest BCUT2D eigenvalue weighted by Crippen LogP contribution is 2.34. The molecule has 3 heterocycles. The zero-order chi connectivity index (χ0) is 25.3. The number of methoxy groups -OCH3 is 1. The number of benzene rings is 1. The van der Waals surface area contributed by atoms with Crippen molar-refractivity contribution in [3.63, 3.8) is 0 Å². The summed E-state index contributed by atoms with van der Waals surface area (Å²) >= 11 is 0. The van der Waals surface area contributed by atoms with Gasteiger partial charge in [-0.25, -0.2) is 4.39 Å². The van der Waals surface area contributed by atoms with Gasteiger partial charge in [-0.15, -0.1) is 0 Å². The van der Waals surface area contributed by atoms with Gasteiger partial charge in [-0.2, -0.15) is 18.3 Å². The third-order valence-electron chi connectivity index (χ3n) is 5.80. The van der Waals surface area contributed by atoms with E-state index in [0.717, 1.165) is 17.2 Å². The number of rotatable bonds is 7. The summed E-state index contributed by atoms with van der Waals surface area (Å²) in [6, 6.07) is 1.96. The maximum Gasteiger partial charge on any atom is 0.419 e. The van der Waals surface area contributed by atoms with Crippen LogP contribution in [0.3, 0.4) is 0 Å². The van der Waals surface area contributed by atoms with E-state index < -0.39 is 29.5 Å². The van der Waals surface area contributed by atoms with Crippen molar-refractivity contribution in [1.82, 2.24) is 20.0 Å². The molecule has 0 saturated heterocycles. The topological polar surface area (TPSA) is 71.8 Å². The van der Waals surface area contributed by atoms with E-state index in [4.69, 9.17) is 4.74 Å². The quantitative estimate of drug-likeness (QED) is 0.596. The number of carbonyl (C=O) groups excluding carboxylic acids is 1. The minimum Gasteiger partial charge on any atom is -0.383 e. The first-order valence-corrected chi connectivity index (χ1v) is 11.0. The fourth-order valence-corrected chi connectivity index (χ4v) is 4.06. The number of allylic oxidation sites excluding steroid dienone is 2. The number of nitrogens with zero attached hydrogens (tertiary/aromatic N) is 4. The lowest BCUT2D eigenvalue weighted by Crippen LogP contribution is -2.37. The van der Waals surface area contributed by atoms with E-state index in [1.165, 1.54) is 13.0 Å².